The summed E-state index contributed by atoms with van der Waals surface area (Å²) in [6, 6.07) is 11.3. The van der Waals surface area contributed by atoms with Gasteiger partial charge in [0.2, 0.25) is 5.75 Å². The molecule has 0 unspecified atom stereocenters. The monoisotopic (exact) mass is 361 g/mol. The van der Waals surface area contributed by atoms with E-state index in [0.29, 0.717) is 29.4 Å². The summed E-state index contributed by atoms with van der Waals surface area (Å²) in [5, 5.41) is 2.95. The van der Waals surface area contributed by atoms with Crippen LogP contribution in [0.5, 0.6) is 17.2 Å². The molecule has 0 aliphatic heterocycles. The number of thioether (sulfide) groups is 1. The SMILES string of the molecule is CCSc1ccccc1C(=O)NCc1cc(OC)c(OC)c(OC)c1. The highest BCUT2D eigenvalue weighted by atomic mass is 32.2. The molecule has 0 aliphatic rings. The lowest BCUT2D eigenvalue weighted by molar-refractivity contribution is 0.0948. The topological polar surface area (TPSA) is 56.8 Å². The van der Waals surface area contributed by atoms with Crippen LogP contribution in [0, 0.1) is 0 Å². The molecule has 0 saturated carbocycles. The van der Waals surface area contributed by atoms with Crippen molar-refractivity contribution in [3.05, 3.63) is 47.5 Å². The van der Waals surface area contributed by atoms with Gasteiger partial charge in [-0.25, -0.2) is 0 Å². The second-order valence-corrected chi connectivity index (χ2v) is 6.45. The smallest absolute Gasteiger partial charge is 0.252 e. The van der Waals surface area contributed by atoms with Gasteiger partial charge in [0.1, 0.15) is 0 Å². The van der Waals surface area contributed by atoms with Crippen molar-refractivity contribution < 1.29 is 19.0 Å². The van der Waals surface area contributed by atoms with Crippen molar-refractivity contribution in [3.63, 3.8) is 0 Å². The van der Waals surface area contributed by atoms with E-state index in [-0.39, 0.29) is 5.91 Å². The van der Waals surface area contributed by atoms with E-state index < -0.39 is 0 Å². The fourth-order valence-electron chi connectivity index (χ4n) is 2.45. The Kier molecular flexibility index (Phi) is 7.01. The Labute approximate surface area is 152 Å². The molecule has 0 bridgehead atoms. The molecule has 1 N–H and O–H groups in total. The molecular formula is C19H23NO4S. The normalized spacial score (nSPS) is 10.2. The molecule has 0 radical (unpaired) electrons. The highest BCUT2D eigenvalue weighted by Crippen LogP contribution is 2.38. The zero-order valence-electron chi connectivity index (χ0n) is 14.9. The first-order valence-electron chi connectivity index (χ1n) is 7.93. The molecule has 5 nitrogen and oxygen atoms in total. The van der Waals surface area contributed by atoms with Gasteiger partial charge < -0.3 is 19.5 Å². The van der Waals surface area contributed by atoms with E-state index >= 15 is 0 Å². The van der Waals surface area contributed by atoms with Gasteiger partial charge in [0, 0.05) is 11.4 Å². The van der Waals surface area contributed by atoms with Gasteiger partial charge in [-0.1, -0.05) is 19.1 Å². The van der Waals surface area contributed by atoms with Gasteiger partial charge in [-0.15, -0.1) is 11.8 Å². The molecule has 2 aromatic carbocycles. The molecule has 0 saturated heterocycles. The standard InChI is InChI=1S/C19H23NO4S/c1-5-25-17-9-7-6-8-14(17)19(21)20-12-13-10-15(22-2)18(24-4)16(11-13)23-3/h6-11H,5,12H2,1-4H3,(H,20,21). The average Bonchev–Trinajstić information content (AvgIpc) is 2.65. The molecule has 25 heavy (non-hydrogen) atoms. The molecule has 134 valence electrons. The summed E-state index contributed by atoms with van der Waals surface area (Å²) >= 11 is 1.65. The highest BCUT2D eigenvalue weighted by Gasteiger charge is 2.15. The third-order valence-corrected chi connectivity index (χ3v) is 4.56. The van der Waals surface area contributed by atoms with E-state index in [1.165, 1.54) is 0 Å². The Morgan fingerprint density at radius 1 is 1.04 bits per heavy atom. The van der Waals surface area contributed by atoms with Gasteiger partial charge in [-0.2, -0.15) is 0 Å². The summed E-state index contributed by atoms with van der Waals surface area (Å²) in [5.74, 6) is 2.47. The van der Waals surface area contributed by atoms with Gasteiger partial charge in [-0.05, 0) is 35.6 Å². The van der Waals surface area contributed by atoms with Gasteiger partial charge >= 0.3 is 0 Å². The third-order valence-electron chi connectivity index (χ3n) is 3.61. The summed E-state index contributed by atoms with van der Waals surface area (Å²) in [7, 11) is 4.69. The minimum Gasteiger partial charge on any atom is -0.493 e. The van der Waals surface area contributed by atoms with Crippen LogP contribution in [0.1, 0.15) is 22.8 Å². The van der Waals surface area contributed by atoms with Crippen molar-refractivity contribution in [1.82, 2.24) is 5.32 Å². The van der Waals surface area contributed by atoms with Crippen LogP contribution < -0.4 is 19.5 Å². The number of carbonyl (C=O) groups excluding carboxylic acids is 1. The first kappa shape index (κ1) is 19.0. The number of amides is 1. The molecule has 0 aromatic heterocycles. The van der Waals surface area contributed by atoms with Crippen LogP contribution in [0.15, 0.2) is 41.3 Å². The molecule has 0 heterocycles. The van der Waals surface area contributed by atoms with Crippen LogP contribution in [0.25, 0.3) is 0 Å². The summed E-state index contributed by atoms with van der Waals surface area (Å²) in [6.07, 6.45) is 0. The summed E-state index contributed by atoms with van der Waals surface area (Å²) in [4.78, 5) is 13.5. The lowest BCUT2D eigenvalue weighted by atomic mass is 10.1. The van der Waals surface area contributed by atoms with Crippen LogP contribution in [0.4, 0.5) is 0 Å². The van der Waals surface area contributed by atoms with Crippen LogP contribution in [-0.2, 0) is 6.54 Å². The maximum Gasteiger partial charge on any atom is 0.252 e. The van der Waals surface area contributed by atoms with Crippen molar-refractivity contribution in [2.24, 2.45) is 0 Å². The molecule has 0 fully saturated rings. The average molecular weight is 361 g/mol. The van der Waals surface area contributed by atoms with E-state index in [1.807, 2.05) is 36.4 Å². The van der Waals surface area contributed by atoms with E-state index in [1.54, 1.807) is 33.1 Å². The van der Waals surface area contributed by atoms with Crippen LogP contribution in [-0.4, -0.2) is 33.0 Å². The number of hydrogen-bond donors (Lipinski definition) is 1. The minimum absolute atomic E-state index is 0.106. The first-order valence-corrected chi connectivity index (χ1v) is 8.92. The maximum absolute atomic E-state index is 12.5. The van der Waals surface area contributed by atoms with Gasteiger partial charge in [0.15, 0.2) is 11.5 Å². The lowest BCUT2D eigenvalue weighted by Crippen LogP contribution is -2.23. The number of rotatable bonds is 8. The molecule has 0 aliphatic carbocycles. The predicted molar refractivity (Wildman–Crippen MR) is 100 cm³/mol. The number of hydrogen-bond acceptors (Lipinski definition) is 5. The Morgan fingerprint density at radius 3 is 2.24 bits per heavy atom. The Morgan fingerprint density at radius 2 is 1.68 bits per heavy atom. The lowest BCUT2D eigenvalue weighted by Gasteiger charge is -2.15. The van der Waals surface area contributed by atoms with Crippen LogP contribution >= 0.6 is 11.8 Å². The number of nitrogens with one attached hydrogen (secondary N) is 1. The van der Waals surface area contributed by atoms with Gasteiger partial charge in [-0.3, -0.25) is 4.79 Å². The molecule has 1 amide bonds. The quantitative estimate of drug-likeness (QED) is 0.726. The van der Waals surface area contributed by atoms with Gasteiger partial charge in [0.25, 0.3) is 5.91 Å². The Balaban J connectivity index is 2.17. The van der Waals surface area contributed by atoms with Gasteiger partial charge in [0.05, 0.1) is 26.9 Å². The van der Waals surface area contributed by atoms with Crippen LogP contribution in [0.2, 0.25) is 0 Å². The van der Waals surface area contributed by atoms with E-state index in [4.69, 9.17) is 14.2 Å². The first-order chi connectivity index (χ1) is 12.1. The summed E-state index contributed by atoms with van der Waals surface area (Å²) < 4.78 is 16.0. The van der Waals surface area contributed by atoms with Crippen molar-refractivity contribution in [2.75, 3.05) is 27.1 Å². The number of carbonyl (C=O) groups is 1. The zero-order chi connectivity index (χ0) is 18.2. The molecule has 0 spiro atoms. The third kappa shape index (κ3) is 4.60. The number of benzene rings is 2. The Hall–Kier alpha value is -2.34. The fraction of sp³-hybridized carbons (Fsp3) is 0.316. The summed E-state index contributed by atoms with van der Waals surface area (Å²) in [6.45, 7) is 2.43. The minimum atomic E-state index is -0.106. The molecule has 2 rings (SSSR count). The summed E-state index contributed by atoms with van der Waals surface area (Å²) in [5.41, 5.74) is 1.55. The Bertz CT molecular complexity index is 708. The van der Waals surface area contributed by atoms with Crippen molar-refractivity contribution in [1.29, 1.82) is 0 Å². The predicted octanol–water partition coefficient (Wildman–Crippen LogP) is 3.75. The van der Waals surface area contributed by atoms with E-state index in [2.05, 4.69) is 12.2 Å². The number of ether oxygens (including phenoxy) is 3. The van der Waals surface area contributed by atoms with Crippen molar-refractivity contribution in [3.8, 4) is 17.2 Å². The van der Waals surface area contributed by atoms with E-state index in [0.717, 1.165) is 16.2 Å². The zero-order valence-corrected chi connectivity index (χ0v) is 15.7. The second kappa shape index (κ2) is 9.22. The molecular weight excluding hydrogens is 338 g/mol. The second-order valence-electron chi connectivity index (χ2n) is 5.15. The molecule has 6 heteroatoms. The number of methoxy groups -OCH3 is 3. The highest BCUT2D eigenvalue weighted by molar-refractivity contribution is 7.99. The van der Waals surface area contributed by atoms with E-state index in [9.17, 15) is 4.79 Å². The molecule has 2 aromatic rings. The maximum atomic E-state index is 12.5. The largest absolute Gasteiger partial charge is 0.493 e. The molecule has 0 atom stereocenters. The van der Waals surface area contributed by atoms with Crippen LogP contribution in [0.3, 0.4) is 0 Å². The van der Waals surface area contributed by atoms with Crippen molar-refractivity contribution >= 4 is 17.7 Å². The fourth-order valence-corrected chi connectivity index (χ4v) is 3.25. The van der Waals surface area contributed by atoms with Crippen molar-refractivity contribution in [2.45, 2.75) is 18.4 Å².